The first kappa shape index (κ1) is 15.3. The van der Waals surface area contributed by atoms with Crippen molar-refractivity contribution in [3.05, 3.63) is 30.1 Å². The maximum absolute atomic E-state index is 12.2. The molecule has 2 aliphatic rings. The molecule has 0 bridgehead atoms. The Bertz CT molecular complexity index is 519. The Kier molecular flexibility index (Phi) is 4.34. The van der Waals surface area contributed by atoms with Gasteiger partial charge >= 0.3 is 6.03 Å². The van der Waals surface area contributed by atoms with Crippen molar-refractivity contribution in [1.82, 2.24) is 19.7 Å². The summed E-state index contributed by atoms with van der Waals surface area (Å²) >= 11 is 0. The number of hydrogen-bond donors (Lipinski definition) is 0. The summed E-state index contributed by atoms with van der Waals surface area (Å²) in [4.78, 5) is 22.8. The molecule has 1 aromatic heterocycles. The van der Waals surface area contributed by atoms with Crippen molar-refractivity contribution >= 4 is 6.03 Å². The Hall–Kier alpha value is -1.62. The lowest BCUT2D eigenvalue weighted by Gasteiger charge is -2.40. The molecule has 0 aromatic carbocycles. The molecule has 0 saturated carbocycles. The number of piperidine rings is 1. The lowest BCUT2D eigenvalue weighted by molar-refractivity contribution is 0.0871. The van der Waals surface area contributed by atoms with Crippen molar-refractivity contribution in [1.29, 1.82) is 0 Å². The van der Waals surface area contributed by atoms with Gasteiger partial charge in [-0.3, -0.25) is 9.88 Å². The number of amides is 2. The van der Waals surface area contributed by atoms with E-state index in [1.807, 2.05) is 31.3 Å². The van der Waals surface area contributed by atoms with Crippen molar-refractivity contribution in [2.45, 2.75) is 25.8 Å². The first-order valence-corrected chi connectivity index (χ1v) is 8.17. The quantitative estimate of drug-likeness (QED) is 0.839. The monoisotopic (exact) mass is 302 g/mol. The van der Waals surface area contributed by atoms with Crippen molar-refractivity contribution in [2.24, 2.45) is 5.41 Å². The molecule has 0 aliphatic carbocycles. The second-order valence-electron chi connectivity index (χ2n) is 6.98. The molecule has 5 heteroatoms. The minimum Gasteiger partial charge on any atom is -0.331 e. The summed E-state index contributed by atoms with van der Waals surface area (Å²) in [6.45, 7) is 4.95. The van der Waals surface area contributed by atoms with E-state index in [4.69, 9.17) is 0 Å². The fraction of sp³-hybridized carbons (Fsp3) is 0.647. The van der Waals surface area contributed by atoms with Crippen LogP contribution in [0, 0.1) is 5.41 Å². The molecule has 5 nitrogen and oxygen atoms in total. The zero-order valence-electron chi connectivity index (χ0n) is 13.7. The van der Waals surface area contributed by atoms with Gasteiger partial charge in [-0.05, 0) is 37.9 Å². The van der Waals surface area contributed by atoms with Gasteiger partial charge in [0.15, 0.2) is 0 Å². The zero-order valence-corrected chi connectivity index (χ0v) is 13.7. The van der Waals surface area contributed by atoms with Crippen LogP contribution in [-0.2, 0) is 6.54 Å². The number of carbonyl (C=O) groups excluding carboxylic acids is 1. The maximum Gasteiger partial charge on any atom is 0.319 e. The van der Waals surface area contributed by atoms with Gasteiger partial charge in [-0.15, -0.1) is 0 Å². The number of rotatable bonds is 2. The predicted octanol–water partition coefficient (Wildman–Crippen LogP) is 2.05. The van der Waals surface area contributed by atoms with E-state index in [2.05, 4.69) is 22.0 Å². The first-order chi connectivity index (χ1) is 10.6. The molecule has 120 valence electrons. The molecule has 2 saturated heterocycles. The summed E-state index contributed by atoms with van der Waals surface area (Å²) < 4.78 is 0. The third-order valence-corrected chi connectivity index (χ3v) is 4.94. The van der Waals surface area contributed by atoms with Crippen LogP contribution in [0.1, 0.15) is 25.0 Å². The van der Waals surface area contributed by atoms with E-state index < -0.39 is 0 Å². The molecule has 3 heterocycles. The van der Waals surface area contributed by atoms with Crippen molar-refractivity contribution in [3.63, 3.8) is 0 Å². The van der Waals surface area contributed by atoms with Gasteiger partial charge in [0.05, 0.1) is 5.69 Å². The average molecular weight is 302 g/mol. The fourth-order valence-corrected chi connectivity index (χ4v) is 3.88. The van der Waals surface area contributed by atoms with Gasteiger partial charge in [0, 0.05) is 51.9 Å². The Labute approximate surface area is 132 Å². The molecular weight excluding hydrogens is 276 g/mol. The highest BCUT2D eigenvalue weighted by Gasteiger charge is 2.43. The highest BCUT2D eigenvalue weighted by atomic mass is 16.2. The van der Waals surface area contributed by atoms with E-state index in [0.29, 0.717) is 5.41 Å². The van der Waals surface area contributed by atoms with Gasteiger partial charge < -0.3 is 9.80 Å². The summed E-state index contributed by atoms with van der Waals surface area (Å²) in [5.41, 5.74) is 1.43. The number of hydrogen-bond acceptors (Lipinski definition) is 3. The van der Waals surface area contributed by atoms with Crippen LogP contribution in [0.15, 0.2) is 24.4 Å². The summed E-state index contributed by atoms with van der Waals surface area (Å²) in [7, 11) is 3.67. The SMILES string of the molecule is CN(C)C(=O)N1CC[C@]2(CCCN(Cc3ccccn3)C2)C1. The third kappa shape index (κ3) is 3.24. The predicted molar refractivity (Wildman–Crippen MR) is 86.5 cm³/mol. The molecule has 22 heavy (non-hydrogen) atoms. The molecule has 0 radical (unpaired) electrons. The first-order valence-electron chi connectivity index (χ1n) is 8.17. The van der Waals surface area contributed by atoms with Crippen molar-refractivity contribution < 1.29 is 4.79 Å². The molecule has 3 rings (SSSR count). The lowest BCUT2D eigenvalue weighted by Crippen LogP contribution is -2.46. The van der Waals surface area contributed by atoms with Gasteiger partial charge in [0.1, 0.15) is 0 Å². The van der Waals surface area contributed by atoms with Crippen LogP contribution in [0.2, 0.25) is 0 Å². The number of aromatic nitrogens is 1. The number of urea groups is 1. The Balaban J connectivity index is 1.62. The third-order valence-electron chi connectivity index (χ3n) is 4.94. The van der Waals surface area contributed by atoms with Crippen molar-refractivity contribution in [2.75, 3.05) is 40.3 Å². The second-order valence-corrected chi connectivity index (χ2v) is 6.98. The minimum absolute atomic E-state index is 0.152. The van der Waals surface area contributed by atoms with Crippen LogP contribution in [0.25, 0.3) is 0 Å². The molecule has 1 aromatic rings. The normalized spacial score (nSPS) is 25.6. The molecule has 2 fully saturated rings. The fourth-order valence-electron chi connectivity index (χ4n) is 3.88. The Morgan fingerprint density at radius 2 is 2.14 bits per heavy atom. The van der Waals surface area contributed by atoms with Crippen LogP contribution in [0.4, 0.5) is 4.79 Å². The van der Waals surface area contributed by atoms with Crippen LogP contribution < -0.4 is 0 Å². The number of carbonyl (C=O) groups is 1. The standard InChI is InChI=1S/C17H26N4O/c1-19(2)16(22)21-11-8-17(14-21)7-5-10-20(13-17)12-15-6-3-4-9-18-15/h3-4,6,9H,5,7-8,10-14H2,1-2H3/t17-/m0/s1. The van der Waals surface area contributed by atoms with Gasteiger partial charge in [0.2, 0.25) is 0 Å². The molecule has 1 spiro atoms. The Morgan fingerprint density at radius 1 is 1.27 bits per heavy atom. The van der Waals surface area contributed by atoms with Gasteiger partial charge in [-0.2, -0.15) is 0 Å². The minimum atomic E-state index is 0.152. The summed E-state index contributed by atoms with van der Waals surface area (Å²) in [6, 6.07) is 6.26. The molecule has 2 amide bonds. The molecule has 0 unspecified atom stereocenters. The molecule has 1 atom stereocenters. The maximum atomic E-state index is 12.2. The van der Waals surface area contributed by atoms with Crippen LogP contribution in [0.5, 0.6) is 0 Å². The van der Waals surface area contributed by atoms with E-state index in [-0.39, 0.29) is 6.03 Å². The topological polar surface area (TPSA) is 39.7 Å². The summed E-state index contributed by atoms with van der Waals surface area (Å²) in [6.07, 6.45) is 5.45. The van der Waals surface area contributed by atoms with E-state index in [1.54, 1.807) is 4.90 Å². The van der Waals surface area contributed by atoms with E-state index >= 15 is 0 Å². The highest BCUT2D eigenvalue weighted by Crippen LogP contribution is 2.39. The van der Waals surface area contributed by atoms with E-state index in [9.17, 15) is 4.79 Å². The molecule has 2 aliphatic heterocycles. The van der Waals surface area contributed by atoms with E-state index in [0.717, 1.165) is 44.8 Å². The Morgan fingerprint density at radius 3 is 2.86 bits per heavy atom. The van der Waals surface area contributed by atoms with Gasteiger partial charge in [-0.25, -0.2) is 4.79 Å². The average Bonchev–Trinajstić information content (AvgIpc) is 2.91. The highest BCUT2D eigenvalue weighted by molar-refractivity contribution is 5.74. The van der Waals surface area contributed by atoms with Crippen LogP contribution in [-0.4, -0.2) is 66.0 Å². The van der Waals surface area contributed by atoms with Gasteiger partial charge in [-0.1, -0.05) is 6.07 Å². The number of nitrogens with zero attached hydrogens (tertiary/aromatic N) is 4. The number of likely N-dealkylation sites (tertiary alicyclic amines) is 2. The summed E-state index contributed by atoms with van der Waals surface area (Å²) in [5, 5.41) is 0. The smallest absolute Gasteiger partial charge is 0.319 e. The molecular formula is C17H26N4O. The van der Waals surface area contributed by atoms with Gasteiger partial charge in [0.25, 0.3) is 0 Å². The summed E-state index contributed by atoms with van der Waals surface area (Å²) in [5.74, 6) is 0. The van der Waals surface area contributed by atoms with Crippen molar-refractivity contribution in [3.8, 4) is 0 Å². The largest absolute Gasteiger partial charge is 0.331 e. The zero-order chi connectivity index (χ0) is 15.6. The molecule has 0 N–H and O–H groups in total. The van der Waals surface area contributed by atoms with Crippen LogP contribution >= 0.6 is 0 Å². The second kappa shape index (κ2) is 6.24. The number of pyridine rings is 1. The lowest BCUT2D eigenvalue weighted by atomic mass is 9.79. The van der Waals surface area contributed by atoms with Crippen LogP contribution in [0.3, 0.4) is 0 Å². The van der Waals surface area contributed by atoms with E-state index in [1.165, 1.54) is 12.8 Å².